The molecule has 0 amide bonds. The number of nitrogens with one attached hydrogen (secondary N) is 1. The van der Waals surface area contributed by atoms with Crippen molar-refractivity contribution < 1.29 is 42.9 Å². The maximum atomic E-state index is 12.4. The molecule has 0 fully saturated rings. The van der Waals surface area contributed by atoms with Crippen LogP contribution < -0.4 is 14.8 Å². The molecule has 39 heavy (non-hydrogen) atoms. The van der Waals surface area contributed by atoms with Gasteiger partial charge in [-0.1, -0.05) is 52.5 Å². The molecule has 0 aliphatic rings. The Kier molecular flexibility index (Phi) is 17.3. The summed E-state index contributed by atoms with van der Waals surface area (Å²) in [5.74, 6) is -1.06. The van der Waals surface area contributed by atoms with Gasteiger partial charge in [-0.3, -0.25) is 14.4 Å². The molecule has 0 saturated heterocycles. The number of esters is 3. The lowest BCUT2D eigenvalue weighted by Gasteiger charge is -2.18. The van der Waals surface area contributed by atoms with Gasteiger partial charge in [-0.25, -0.2) is 4.79 Å². The van der Waals surface area contributed by atoms with Crippen LogP contribution in [-0.4, -0.2) is 56.5 Å². The molecule has 1 unspecified atom stereocenters. The van der Waals surface area contributed by atoms with E-state index in [4.69, 9.17) is 23.7 Å². The predicted molar refractivity (Wildman–Crippen MR) is 146 cm³/mol. The number of carbonyl (C=O) groups is 4. The van der Waals surface area contributed by atoms with Gasteiger partial charge in [-0.15, -0.1) is 0 Å². The van der Waals surface area contributed by atoms with Crippen LogP contribution in [0.1, 0.15) is 91.0 Å². The number of hydrogen-bond acceptors (Lipinski definition) is 10. The highest BCUT2D eigenvalue weighted by Crippen LogP contribution is 2.30. The highest BCUT2D eigenvalue weighted by atomic mass is 16.7. The molecule has 0 aromatic heterocycles. The molecular formula is C29H45NO9. The number of methoxy groups -OCH3 is 1. The molecule has 0 aliphatic heterocycles. The highest BCUT2D eigenvalue weighted by molar-refractivity contribution is 5.77. The van der Waals surface area contributed by atoms with Crippen LogP contribution in [-0.2, 0) is 35.0 Å². The molecule has 1 aromatic rings. The van der Waals surface area contributed by atoms with Gasteiger partial charge in [-0.05, 0) is 50.3 Å². The molecule has 0 saturated carbocycles. The van der Waals surface area contributed by atoms with Crippen LogP contribution in [0.3, 0.4) is 0 Å². The molecule has 0 radical (unpaired) electrons. The average Bonchev–Trinajstić information content (AvgIpc) is 2.91. The Morgan fingerprint density at radius 1 is 0.872 bits per heavy atom. The lowest BCUT2D eigenvalue weighted by molar-refractivity contribution is -0.143. The zero-order valence-electron chi connectivity index (χ0n) is 24.0. The molecule has 10 nitrogen and oxygen atoms in total. The van der Waals surface area contributed by atoms with Gasteiger partial charge in [0.2, 0.25) is 0 Å². The number of benzene rings is 1. The Hall–Kier alpha value is -3.14. The third-order valence-corrected chi connectivity index (χ3v) is 5.94. The van der Waals surface area contributed by atoms with E-state index in [1.54, 1.807) is 25.1 Å². The van der Waals surface area contributed by atoms with Crippen molar-refractivity contribution in [3.8, 4) is 11.5 Å². The van der Waals surface area contributed by atoms with E-state index in [1.165, 1.54) is 7.11 Å². The van der Waals surface area contributed by atoms with E-state index in [-0.39, 0.29) is 50.0 Å². The quantitative estimate of drug-likeness (QED) is 0.138. The number of carbonyl (C=O) groups excluding carboxylic acids is 4. The summed E-state index contributed by atoms with van der Waals surface area (Å²) < 4.78 is 26.1. The minimum atomic E-state index is -0.772. The molecule has 0 heterocycles. The molecule has 2 atom stereocenters. The number of rotatable bonds is 19. The first-order chi connectivity index (χ1) is 18.7. The average molecular weight is 552 g/mol. The van der Waals surface area contributed by atoms with Crippen LogP contribution in [0.25, 0.3) is 0 Å². The second-order valence-corrected chi connectivity index (χ2v) is 9.31. The van der Waals surface area contributed by atoms with E-state index < -0.39 is 30.1 Å². The second kappa shape index (κ2) is 19.9. The molecule has 220 valence electrons. The van der Waals surface area contributed by atoms with Gasteiger partial charge in [0, 0.05) is 19.4 Å². The van der Waals surface area contributed by atoms with E-state index in [9.17, 15) is 19.2 Å². The van der Waals surface area contributed by atoms with Crippen molar-refractivity contribution in [2.24, 2.45) is 0 Å². The monoisotopic (exact) mass is 551 g/mol. The number of ether oxygens (including phenoxy) is 5. The first kappa shape index (κ1) is 33.9. The van der Waals surface area contributed by atoms with Gasteiger partial charge in [-0.2, -0.15) is 0 Å². The minimum Gasteiger partial charge on any atom is -0.468 e. The van der Waals surface area contributed by atoms with Gasteiger partial charge < -0.3 is 29.0 Å². The normalized spacial score (nSPS) is 12.2. The van der Waals surface area contributed by atoms with Crippen LogP contribution in [0, 0.1) is 0 Å². The fourth-order valence-corrected chi connectivity index (χ4v) is 3.50. The fraction of sp³-hybridized carbons (Fsp3) is 0.655. The summed E-state index contributed by atoms with van der Waals surface area (Å²) in [6.07, 6.45) is 5.52. The predicted octanol–water partition coefficient (Wildman–Crippen LogP) is 5.28. The molecule has 1 aromatic carbocycles. The van der Waals surface area contributed by atoms with Gasteiger partial charge >= 0.3 is 24.1 Å². The largest absolute Gasteiger partial charge is 0.508 e. The lowest BCUT2D eigenvalue weighted by atomic mass is 10.0. The van der Waals surface area contributed by atoms with Crippen molar-refractivity contribution >= 4 is 24.1 Å². The standard InChI is InChI=1S/C29H45NO9/c1-6-9-11-13-26(31)38-24-16-15-22(20-25(24)39-27(32)14-12-10-7-2)19-23(28(33)35-5)30-17-18-36-29(34)37-21(4)8-3/h15-16,20-21,23,30H,6-14,17-19H2,1-5H3/t21?,23-/m0/s1. The van der Waals surface area contributed by atoms with Gasteiger partial charge in [0.15, 0.2) is 11.5 Å². The summed E-state index contributed by atoms with van der Waals surface area (Å²) in [6, 6.07) is 4.08. The Labute approximate surface area is 232 Å². The van der Waals surface area contributed by atoms with E-state index in [0.29, 0.717) is 24.8 Å². The molecule has 1 N–H and O–H groups in total. The van der Waals surface area contributed by atoms with E-state index in [2.05, 4.69) is 5.32 Å². The molecule has 0 bridgehead atoms. The van der Waals surface area contributed by atoms with Crippen LogP contribution >= 0.6 is 0 Å². The first-order valence-corrected chi connectivity index (χ1v) is 13.9. The van der Waals surface area contributed by atoms with Gasteiger partial charge in [0.1, 0.15) is 18.8 Å². The number of hydrogen-bond donors (Lipinski definition) is 1. The molecule has 0 spiro atoms. The molecule has 10 heteroatoms. The minimum absolute atomic E-state index is 0.00367. The Morgan fingerprint density at radius 2 is 1.49 bits per heavy atom. The van der Waals surface area contributed by atoms with Crippen molar-refractivity contribution in [2.45, 2.75) is 104 Å². The Balaban J connectivity index is 2.93. The summed E-state index contributed by atoms with van der Waals surface area (Å²) in [4.78, 5) is 48.8. The highest BCUT2D eigenvalue weighted by Gasteiger charge is 2.22. The van der Waals surface area contributed by atoms with Crippen LogP contribution in [0.4, 0.5) is 4.79 Å². The van der Waals surface area contributed by atoms with E-state index in [0.717, 1.165) is 25.7 Å². The van der Waals surface area contributed by atoms with Crippen molar-refractivity contribution in [3.63, 3.8) is 0 Å². The summed E-state index contributed by atoms with van der Waals surface area (Å²) in [5, 5.41) is 3.01. The Bertz CT molecular complexity index is 903. The third kappa shape index (κ3) is 14.6. The van der Waals surface area contributed by atoms with Gasteiger partial charge in [0.25, 0.3) is 0 Å². The van der Waals surface area contributed by atoms with Crippen LogP contribution in [0.2, 0.25) is 0 Å². The van der Waals surface area contributed by atoms with Crippen molar-refractivity contribution in [2.75, 3.05) is 20.3 Å². The zero-order valence-corrected chi connectivity index (χ0v) is 24.0. The summed E-state index contributed by atoms with van der Waals surface area (Å²) >= 11 is 0. The van der Waals surface area contributed by atoms with E-state index in [1.807, 2.05) is 20.8 Å². The van der Waals surface area contributed by atoms with Crippen LogP contribution in [0.5, 0.6) is 11.5 Å². The first-order valence-electron chi connectivity index (χ1n) is 13.9. The zero-order chi connectivity index (χ0) is 29.0. The number of unbranched alkanes of at least 4 members (excludes halogenated alkanes) is 4. The Morgan fingerprint density at radius 3 is 2.05 bits per heavy atom. The summed E-state index contributed by atoms with van der Waals surface area (Å²) in [5.41, 5.74) is 0.650. The van der Waals surface area contributed by atoms with Crippen molar-refractivity contribution in [1.82, 2.24) is 5.32 Å². The van der Waals surface area contributed by atoms with Crippen LogP contribution in [0.15, 0.2) is 18.2 Å². The maximum absolute atomic E-state index is 12.4. The summed E-state index contributed by atoms with van der Waals surface area (Å²) in [7, 11) is 1.28. The molecule has 1 rings (SSSR count). The maximum Gasteiger partial charge on any atom is 0.508 e. The third-order valence-electron chi connectivity index (χ3n) is 5.94. The van der Waals surface area contributed by atoms with Gasteiger partial charge in [0.05, 0.1) is 7.11 Å². The lowest BCUT2D eigenvalue weighted by Crippen LogP contribution is -2.41. The molecule has 0 aliphatic carbocycles. The molecular weight excluding hydrogens is 506 g/mol. The second-order valence-electron chi connectivity index (χ2n) is 9.31. The van der Waals surface area contributed by atoms with Crippen molar-refractivity contribution in [3.05, 3.63) is 23.8 Å². The SMILES string of the molecule is CCCCCC(=O)Oc1ccc(C[C@H](NCCOC(=O)OC(C)CC)C(=O)OC)cc1OC(=O)CCCCC. The topological polar surface area (TPSA) is 126 Å². The van der Waals surface area contributed by atoms with Crippen molar-refractivity contribution in [1.29, 1.82) is 0 Å². The smallest absolute Gasteiger partial charge is 0.468 e. The summed E-state index contributed by atoms with van der Waals surface area (Å²) in [6.45, 7) is 7.93. The fourth-order valence-electron chi connectivity index (χ4n) is 3.50. The van der Waals surface area contributed by atoms with E-state index >= 15 is 0 Å².